The molecule has 3 rings (SSSR count). The third-order valence-electron chi connectivity index (χ3n) is 4.35. The van der Waals surface area contributed by atoms with Crippen molar-refractivity contribution in [3.05, 3.63) is 83.7 Å². The summed E-state index contributed by atoms with van der Waals surface area (Å²) in [5.74, 6) is 1.01. The number of hydrogen-bond acceptors (Lipinski definition) is 5. The van der Waals surface area contributed by atoms with Crippen molar-refractivity contribution in [3.63, 3.8) is 0 Å². The minimum atomic E-state index is -0.346. The van der Waals surface area contributed by atoms with E-state index in [0.29, 0.717) is 22.8 Å². The van der Waals surface area contributed by atoms with Gasteiger partial charge in [-0.3, -0.25) is 9.78 Å². The smallest absolute Gasteiger partial charge is 0.252 e. The molecule has 1 amide bonds. The van der Waals surface area contributed by atoms with Crippen LogP contribution in [0.2, 0.25) is 0 Å². The molecule has 144 valence electrons. The number of carbonyl (C=O) groups excluding carboxylic acids is 1. The van der Waals surface area contributed by atoms with Crippen molar-refractivity contribution in [2.24, 2.45) is 0 Å². The summed E-state index contributed by atoms with van der Waals surface area (Å²) in [7, 11) is 4.55. The fraction of sp³-hybridized carbons (Fsp3) is 0.182. The van der Waals surface area contributed by atoms with Gasteiger partial charge >= 0.3 is 0 Å². The maximum Gasteiger partial charge on any atom is 0.252 e. The molecule has 0 saturated carbocycles. The fourth-order valence-corrected chi connectivity index (χ4v) is 2.98. The van der Waals surface area contributed by atoms with Crippen molar-refractivity contribution in [3.8, 4) is 17.2 Å². The SMILES string of the molecule is COc1cc(C(=O)N[C@@H](c2ccccc2)c2cccnc2)cc(OC)c1OC. The van der Waals surface area contributed by atoms with E-state index in [0.717, 1.165) is 11.1 Å². The van der Waals surface area contributed by atoms with Gasteiger partial charge in [-0.05, 0) is 29.3 Å². The van der Waals surface area contributed by atoms with E-state index in [1.54, 1.807) is 24.5 Å². The number of ether oxygens (including phenoxy) is 3. The van der Waals surface area contributed by atoms with Gasteiger partial charge in [0.2, 0.25) is 5.75 Å². The number of rotatable bonds is 7. The van der Waals surface area contributed by atoms with Gasteiger partial charge in [0.15, 0.2) is 11.5 Å². The van der Waals surface area contributed by atoms with Crippen LogP contribution in [0.25, 0.3) is 0 Å². The molecule has 6 heteroatoms. The maximum atomic E-state index is 13.1. The molecule has 0 aliphatic carbocycles. The van der Waals surface area contributed by atoms with Gasteiger partial charge < -0.3 is 19.5 Å². The number of aromatic nitrogens is 1. The van der Waals surface area contributed by atoms with Gasteiger partial charge in [-0.15, -0.1) is 0 Å². The summed E-state index contributed by atoms with van der Waals surface area (Å²) in [4.78, 5) is 17.2. The second-order valence-electron chi connectivity index (χ2n) is 6.02. The maximum absolute atomic E-state index is 13.1. The topological polar surface area (TPSA) is 69.7 Å². The molecule has 0 aliphatic heterocycles. The third-order valence-corrected chi connectivity index (χ3v) is 4.35. The molecule has 2 aromatic carbocycles. The van der Waals surface area contributed by atoms with Gasteiger partial charge in [-0.1, -0.05) is 36.4 Å². The number of carbonyl (C=O) groups is 1. The largest absolute Gasteiger partial charge is 0.493 e. The summed E-state index contributed by atoms with van der Waals surface area (Å²) >= 11 is 0. The lowest BCUT2D eigenvalue weighted by molar-refractivity contribution is 0.0942. The Labute approximate surface area is 164 Å². The van der Waals surface area contributed by atoms with Crippen LogP contribution >= 0.6 is 0 Å². The summed E-state index contributed by atoms with van der Waals surface area (Å²) < 4.78 is 16.0. The Morgan fingerprint density at radius 3 is 2.07 bits per heavy atom. The van der Waals surface area contributed by atoms with Gasteiger partial charge in [0, 0.05) is 18.0 Å². The average molecular weight is 378 g/mol. The van der Waals surface area contributed by atoms with Crippen molar-refractivity contribution in [1.82, 2.24) is 10.3 Å². The van der Waals surface area contributed by atoms with E-state index in [4.69, 9.17) is 14.2 Å². The van der Waals surface area contributed by atoms with Crippen molar-refractivity contribution >= 4 is 5.91 Å². The van der Waals surface area contributed by atoms with Crippen molar-refractivity contribution in [1.29, 1.82) is 0 Å². The van der Waals surface area contributed by atoms with Crippen LogP contribution in [0.4, 0.5) is 0 Å². The molecule has 0 aliphatic rings. The van der Waals surface area contributed by atoms with E-state index in [2.05, 4.69) is 10.3 Å². The number of hydrogen-bond donors (Lipinski definition) is 1. The first kappa shape index (κ1) is 19.2. The number of amides is 1. The molecule has 0 fully saturated rings. The first-order valence-corrected chi connectivity index (χ1v) is 8.73. The molecule has 6 nitrogen and oxygen atoms in total. The summed E-state index contributed by atoms with van der Waals surface area (Å²) in [6.07, 6.45) is 3.44. The third kappa shape index (κ3) is 4.06. The molecule has 3 aromatic rings. The molecule has 0 saturated heterocycles. The lowest BCUT2D eigenvalue weighted by atomic mass is 9.99. The van der Waals surface area contributed by atoms with Gasteiger partial charge in [0.25, 0.3) is 5.91 Å². The highest BCUT2D eigenvalue weighted by atomic mass is 16.5. The van der Waals surface area contributed by atoms with E-state index < -0.39 is 0 Å². The molecule has 1 atom stereocenters. The number of nitrogens with one attached hydrogen (secondary N) is 1. The molecule has 1 N–H and O–H groups in total. The van der Waals surface area contributed by atoms with Gasteiger partial charge in [0.1, 0.15) is 0 Å². The first-order valence-electron chi connectivity index (χ1n) is 8.73. The van der Waals surface area contributed by atoms with Crippen LogP contribution in [0, 0.1) is 0 Å². The molecule has 28 heavy (non-hydrogen) atoms. The number of methoxy groups -OCH3 is 3. The van der Waals surface area contributed by atoms with E-state index in [-0.39, 0.29) is 11.9 Å². The monoisotopic (exact) mass is 378 g/mol. The quantitative estimate of drug-likeness (QED) is 0.680. The summed E-state index contributed by atoms with van der Waals surface area (Å²) in [6.45, 7) is 0. The highest BCUT2D eigenvalue weighted by molar-refractivity contribution is 5.96. The van der Waals surface area contributed by atoms with E-state index in [1.165, 1.54) is 21.3 Å². The zero-order chi connectivity index (χ0) is 19.9. The molecule has 1 heterocycles. The van der Waals surface area contributed by atoms with E-state index in [9.17, 15) is 4.79 Å². The van der Waals surface area contributed by atoms with Crippen LogP contribution in [-0.2, 0) is 0 Å². The molecule has 0 unspecified atom stereocenters. The van der Waals surface area contributed by atoms with E-state index >= 15 is 0 Å². The Balaban J connectivity index is 1.97. The highest BCUT2D eigenvalue weighted by Gasteiger charge is 2.21. The first-order chi connectivity index (χ1) is 13.7. The Bertz CT molecular complexity index is 865. The van der Waals surface area contributed by atoms with Crippen LogP contribution in [0.5, 0.6) is 17.2 Å². The number of pyridine rings is 1. The summed E-state index contributed by atoms with van der Waals surface area (Å²) in [6, 6.07) is 16.4. The molecular weight excluding hydrogens is 356 g/mol. The zero-order valence-corrected chi connectivity index (χ0v) is 16.0. The Morgan fingerprint density at radius 2 is 1.54 bits per heavy atom. The standard InChI is InChI=1S/C22H22N2O4/c1-26-18-12-17(13-19(27-2)21(18)28-3)22(25)24-20(15-8-5-4-6-9-15)16-10-7-11-23-14-16/h4-14,20H,1-3H3,(H,24,25)/t20-/m0/s1. The summed E-state index contributed by atoms with van der Waals surface area (Å²) in [5.41, 5.74) is 2.24. The van der Waals surface area contributed by atoms with Gasteiger partial charge in [-0.2, -0.15) is 0 Å². The lowest BCUT2D eigenvalue weighted by Crippen LogP contribution is -2.29. The van der Waals surface area contributed by atoms with Crippen LogP contribution in [-0.4, -0.2) is 32.2 Å². The zero-order valence-electron chi connectivity index (χ0n) is 16.0. The Hall–Kier alpha value is -3.54. The number of nitrogens with zero attached hydrogens (tertiary/aromatic N) is 1. The van der Waals surface area contributed by atoms with Crippen LogP contribution in [0.1, 0.15) is 27.5 Å². The summed E-state index contributed by atoms with van der Waals surface area (Å²) in [5, 5.41) is 3.08. The van der Waals surface area contributed by atoms with Crippen molar-refractivity contribution < 1.29 is 19.0 Å². The van der Waals surface area contributed by atoms with Gasteiger partial charge in [-0.25, -0.2) is 0 Å². The second kappa shape index (κ2) is 8.90. The molecular formula is C22H22N2O4. The number of benzene rings is 2. The Morgan fingerprint density at radius 1 is 0.893 bits per heavy atom. The van der Waals surface area contributed by atoms with Crippen molar-refractivity contribution in [2.45, 2.75) is 6.04 Å². The lowest BCUT2D eigenvalue weighted by Gasteiger charge is -2.20. The Kier molecular flexibility index (Phi) is 6.11. The average Bonchev–Trinajstić information content (AvgIpc) is 2.77. The highest BCUT2D eigenvalue weighted by Crippen LogP contribution is 2.38. The normalized spacial score (nSPS) is 11.4. The predicted octanol–water partition coefficient (Wildman–Crippen LogP) is 3.63. The molecule has 0 radical (unpaired) electrons. The van der Waals surface area contributed by atoms with Crippen LogP contribution < -0.4 is 19.5 Å². The minimum absolute atomic E-state index is 0.267. The molecule has 0 spiro atoms. The van der Waals surface area contributed by atoms with E-state index in [1.807, 2.05) is 42.5 Å². The van der Waals surface area contributed by atoms with Crippen molar-refractivity contribution in [2.75, 3.05) is 21.3 Å². The molecule has 1 aromatic heterocycles. The predicted molar refractivity (Wildman–Crippen MR) is 106 cm³/mol. The second-order valence-corrected chi connectivity index (χ2v) is 6.02. The van der Waals surface area contributed by atoms with Crippen LogP contribution in [0.3, 0.4) is 0 Å². The minimum Gasteiger partial charge on any atom is -0.493 e. The van der Waals surface area contributed by atoms with Crippen LogP contribution in [0.15, 0.2) is 67.0 Å². The van der Waals surface area contributed by atoms with Gasteiger partial charge in [0.05, 0.1) is 27.4 Å². The fourth-order valence-electron chi connectivity index (χ4n) is 2.98. The molecule has 0 bridgehead atoms.